The van der Waals surface area contributed by atoms with Crippen molar-refractivity contribution in [2.45, 2.75) is 6.42 Å². The van der Waals surface area contributed by atoms with Gasteiger partial charge in [0.1, 0.15) is 11.5 Å². The highest BCUT2D eigenvalue weighted by molar-refractivity contribution is 5.92. The number of ether oxygens (including phenoxy) is 2. The van der Waals surface area contributed by atoms with Crippen LogP contribution in [0.15, 0.2) is 67.1 Å². The smallest absolute Gasteiger partial charge is 0.234 e. The Bertz CT molecular complexity index is 1120. The van der Waals surface area contributed by atoms with E-state index in [-0.39, 0.29) is 12.3 Å². The summed E-state index contributed by atoms with van der Waals surface area (Å²) in [5, 5.41) is 2.91. The van der Waals surface area contributed by atoms with E-state index >= 15 is 0 Å². The molecule has 0 atom stereocenters. The lowest BCUT2D eigenvalue weighted by molar-refractivity contribution is -0.115. The molecule has 2 aromatic carbocycles. The van der Waals surface area contributed by atoms with Crippen LogP contribution in [0.2, 0.25) is 0 Å². The van der Waals surface area contributed by atoms with E-state index in [0.717, 1.165) is 16.8 Å². The number of benzene rings is 2. The van der Waals surface area contributed by atoms with Crippen molar-refractivity contribution in [3.8, 4) is 22.8 Å². The number of nitrogens with zero attached hydrogens (tertiary/aromatic N) is 3. The van der Waals surface area contributed by atoms with Crippen LogP contribution in [0.3, 0.4) is 0 Å². The topological polar surface area (TPSA) is 77.8 Å². The van der Waals surface area contributed by atoms with Crippen molar-refractivity contribution < 1.29 is 14.3 Å². The molecule has 29 heavy (non-hydrogen) atoms. The Kier molecular flexibility index (Phi) is 5.11. The summed E-state index contributed by atoms with van der Waals surface area (Å²) in [7, 11) is 3.16. The summed E-state index contributed by atoms with van der Waals surface area (Å²) in [5.41, 5.74) is 3.28. The van der Waals surface area contributed by atoms with Crippen LogP contribution in [-0.2, 0) is 11.2 Å². The van der Waals surface area contributed by atoms with Crippen LogP contribution in [0.25, 0.3) is 17.0 Å². The van der Waals surface area contributed by atoms with Crippen molar-refractivity contribution in [3.63, 3.8) is 0 Å². The normalized spacial score (nSPS) is 10.7. The van der Waals surface area contributed by atoms with Gasteiger partial charge in [0.15, 0.2) is 0 Å². The van der Waals surface area contributed by atoms with Gasteiger partial charge in [0.2, 0.25) is 11.7 Å². The predicted molar refractivity (Wildman–Crippen MR) is 110 cm³/mol. The van der Waals surface area contributed by atoms with Gasteiger partial charge in [0.05, 0.1) is 26.3 Å². The number of fused-ring (bicyclic) bond motifs is 1. The van der Waals surface area contributed by atoms with Crippen LogP contribution in [0.1, 0.15) is 5.56 Å². The largest absolute Gasteiger partial charge is 0.497 e. The number of carbonyl (C=O) groups excluding carboxylic acids is 1. The molecular formula is C22H20N4O3. The van der Waals surface area contributed by atoms with Gasteiger partial charge < -0.3 is 14.8 Å². The van der Waals surface area contributed by atoms with Gasteiger partial charge >= 0.3 is 0 Å². The zero-order chi connectivity index (χ0) is 20.2. The van der Waals surface area contributed by atoms with Gasteiger partial charge in [-0.2, -0.15) is 0 Å². The molecule has 7 nitrogen and oxygen atoms in total. The fourth-order valence-electron chi connectivity index (χ4n) is 3.07. The number of hydrogen-bond acceptors (Lipinski definition) is 5. The fourth-order valence-corrected chi connectivity index (χ4v) is 3.07. The number of carbonyl (C=O) groups is 1. The van der Waals surface area contributed by atoms with Crippen LogP contribution in [0.5, 0.6) is 11.5 Å². The monoisotopic (exact) mass is 388 g/mol. The molecular weight excluding hydrogens is 368 g/mol. The highest BCUT2D eigenvalue weighted by Crippen LogP contribution is 2.25. The van der Waals surface area contributed by atoms with Crippen LogP contribution in [0, 0.1) is 0 Å². The summed E-state index contributed by atoms with van der Waals surface area (Å²) < 4.78 is 12.4. The van der Waals surface area contributed by atoms with Gasteiger partial charge in [-0.05, 0) is 24.3 Å². The summed E-state index contributed by atoms with van der Waals surface area (Å²) in [6.45, 7) is 0. The molecule has 2 aromatic heterocycles. The maximum Gasteiger partial charge on any atom is 0.234 e. The quantitative estimate of drug-likeness (QED) is 0.546. The molecule has 4 aromatic rings. The molecule has 2 heterocycles. The average Bonchev–Trinajstić information content (AvgIpc) is 3.18. The summed E-state index contributed by atoms with van der Waals surface area (Å²) in [4.78, 5) is 21.2. The van der Waals surface area contributed by atoms with Crippen LogP contribution in [-0.4, -0.2) is 34.5 Å². The van der Waals surface area contributed by atoms with Crippen molar-refractivity contribution in [1.82, 2.24) is 14.4 Å². The number of methoxy groups -OCH3 is 2. The predicted octanol–water partition coefficient (Wildman–Crippen LogP) is 3.59. The Morgan fingerprint density at radius 3 is 2.66 bits per heavy atom. The van der Waals surface area contributed by atoms with E-state index in [2.05, 4.69) is 15.3 Å². The number of imidazole rings is 1. The van der Waals surface area contributed by atoms with Gasteiger partial charge in [0, 0.05) is 41.5 Å². The molecule has 146 valence electrons. The minimum Gasteiger partial charge on any atom is -0.497 e. The minimum atomic E-state index is -0.127. The van der Waals surface area contributed by atoms with Gasteiger partial charge in [-0.25, -0.2) is 9.97 Å². The Morgan fingerprint density at radius 1 is 1.10 bits per heavy atom. The highest BCUT2D eigenvalue weighted by atomic mass is 16.5. The number of anilines is 1. The summed E-state index contributed by atoms with van der Waals surface area (Å²) in [5.74, 6) is 1.82. The van der Waals surface area contributed by atoms with E-state index in [9.17, 15) is 4.79 Å². The SMILES string of the molecule is COc1ccc(CC(=O)Nc2ccc(-c3cn4cccnc4n3)cc2)c(OC)c1. The van der Waals surface area contributed by atoms with E-state index in [0.29, 0.717) is 23.0 Å². The first-order valence-electron chi connectivity index (χ1n) is 9.07. The lowest BCUT2D eigenvalue weighted by Crippen LogP contribution is -2.14. The molecule has 0 aliphatic heterocycles. The van der Waals surface area contributed by atoms with Crippen molar-refractivity contribution >= 4 is 17.4 Å². The molecule has 4 rings (SSSR count). The van der Waals surface area contributed by atoms with Crippen molar-refractivity contribution in [2.75, 3.05) is 19.5 Å². The van der Waals surface area contributed by atoms with Crippen molar-refractivity contribution in [1.29, 1.82) is 0 Å². The third-order valence-corrected chi connectivity index (χ3v) is 4.55. The van der Waals surface area contributed by atoms with Crippen LogP contribution in [0.4, 0.5) is 5.69 Å². The van der Waals surface area contributed by atoms with E-state index < -0.39 is 0 Å². The van der Waals surface area contributed by atoms with Gasteiger partial charge in [-0.15, -0.1) is 0 Å². The van der Waals surface area contributed by atoms with Crippen molar-refractivity contribution in [2.24, 2.45) is 0 Å². The molecule has 0 aliphatic carbocycles. The van der Waals surface area contributed by atoms with E-state index in [1.165, 1.54) is 0 Å². The first-order valence-corrected chi connectivity index (χ1v) is 9.07. The molecule has 0 bridgehead atoms. The average molecular weight is 388 g/mol. The molecule has 0 radical (unpaired) electrons. The van der Waals surface area contributed by atoms with E-state index in [1.54, 1.807) is 26.5 Å². The third-order valence-electron chi connectivity index (χ3n) is 4.55. The Morgan fingerprint density at radius 2 is 1.93 bits per heavy atom. The first-order chi connectivity index (χ1) is 14.2. The Hall–Kier alpha value is -3.87. The third kappa shape index (κ3) is 4.03. The highest BCUT2D eigenvalue weighted by Gasteiger charge is 2.11. The fraction of sp³-hybridized carbons (Fsp3) is 0.136. The zero-order valence-corrected chi connectivity index (χ0v) is 16.1. The number of hydrogen-bond donors (Lipinski definition) is 1. The Balaban J connectivity index is 1.45. The molecule has 0 saturated heterocycles. The second-order valence-electron chi connectivity index (χ2n) is 6.43. The Labute approximate surface area is 168 Å². The van der Waals surface area contributed by atoms with Gasteiger partial charge in [-0.3, -0.25) is 9.20 Å². The molecule has 0 spiro atoms. The lowest BCUT2D eigenvalue weighted by atomic mass is 10.1. The van der Waals surface area contributed by atoms with Crippen molar-refractivity contribution in [3.05, 3.63) is 72.7 Å². The molecule has 1 N–H and O–H groups in total. The number of nitrogens with one attached hydrogen (secondary N) is 1. The van der Waals surface area contributed by atoms with Gasteiger partial charge in [-0.1, -0.05) is 18.2 Å². The number of amides is 1. The van der Waals surface area contributed by atoms with Crippen LogP contribution >= 0.6 is 0 Å². The first kappa shape index (κ1) is 18.5. The maximum atomic E-state index is 12.5. The summed E-state index contributed by atoms with van der Waals surface area (Å²) >= 11 is 0. The molecule has 0 aliphatic rings. The number of aromatic nitrogens is 3. The maximum absolute atomic E-state index is 12.5. The summed E-state index contributed by atoms with van der Waals surface area (Å²) in [6, 6.07) is 14.8. The lowest BCUT2D eigenvalue weighted by Gasteiger charge is -2.11. The minimum absolute atomic E-state index is 0.127. The second-order valence-corrected chi connectivity index (χ2v) is 6.43. The second kappa shape index (κ2) is 8.02. The zero-order valence-electron chi connectivity index (χ0n) is 16.1. The molecule has 0 saturated carbocycles. The molecule has 7 heteroatoms. The molecule has 1 amide bonds. The number of rotatable bonds is 6. The molecule has 0 fully saturated rings. The van der Waals surface area contributed by atoms with E-state index in [1.807, 2.05) is 59.3 Å². The van der Waals surface area contributed by atoms with E-state index in [4.69, 9.17) is 9.47 Å². The standard InChI is InChI=1S/C22H20N4O3/c1-28-18-9-6-16(20(13-18)29-2)12-21(27)24-17-7-4-15(5-8-17)19-14-26-11-3-10-23-22(26)25-19/h3-11,13-14H,12H2,1-2H3,(H,24,27). The van der Waals surface area contributed by atoms with Crippen LogP contribution < -0.4 is 14.8 Å². The summed E-state index contributed by atoms with van der Waals surface area (Å²) in [6.07, 6.45) is 5.74. The molecule has 0 unspecified atom stereocenters. The van der Waals surface area contributed by atoms with Gasteiger partial charge in [0.25, 0.3) is 0 Å².